The van der Waals surface area contributed by atoms with Gasteiger partial charge in [0.2, 0.25) is 0 Å². The van der Waals surface area contributed by atoms with Crippen LogP contribution in [0.15, 0.2) is 43.0 Å². The molecule has 1 aliphatic rings. The van der Waals surface area contributed by atoms with Crippen LogP contribution in [0.3, 0.4) is 0 Å². The van der Waals surface area contributed by atoms with Gasteiger partial charge in [-0.3, -0.25) is 4.98 Å². The molecule has 0 atom stereocenters. The Morgan fingerprint density at radius 3 is 2.67 bits per heavy atom. The van der Waals surface area contributed by atoms with Crippen LogP contribution in [0.5, 0.6) is 0 Å². The average Bonchev–Trinajstić information content (AvgIpc) is 2.72. The van der Waals surface area contributed by atoms with Gasteiger partial charge in [0.1, 0.15) is 11.3 Å². The van der Waals surface area contributed by atoms with E-state index >= 15 is 0 Å². The van der Waals surface area contributed by atoms with Crippen molar-refractivity contribution in [1.29, 1.82) is 0 Å². The highest BCUT2D eigenvalue weighted by atomic mass is 15.1. The minimum Gasteiger partial charge on any atom is -0.380 e. The van der Waals surface area contributed by atoms with Crippen LogP contribution >= 0.6 is 0 Å². The summed E-state index contributed by atoms with van der Waals surface area (Å²) in [6.45, 7) is 4.08. The van der Waals surface area contributed by atoms with Gasteiger partial charge in [0.05, 0.1) is 11.9 Å². The zero-order valence-corrected chi connectivity index (χ0v) is 15.6. The first-order chi connectivity index (χ1) is 13.3. The molecule has 27 heavy (non-hydrogen) atoms. The number of nitrogens with one attached hydrogen (secondary N) is 2. The van der Waals surface area contributed by atoms with E-state index in [0.29, 0.717) is 12.2 Å². The topological polar surface area (TPSA) is 78.9 Å². The molecule has 3 aromatic rings. The number of likely N-dealkylation sites (tertiary alicyclic amines) is 1. The second kappa shape index (κ2) is 8.26. The third-order valence-corrected chi connectivity index (χ3v) is 5.06. The van der Waals surface area contributed by atoms with Gasteiger partial charge in [0.25, 0.3) is 0 Å². The molecule has 1 fully saturated rings. The predicted octanol–water partition coefficient (Wildman–Crippen LogP) is 2.79. The van der Waals surface area contributed by atoms with Crippen molar-refractivity contribution in [3.8, 4) is 0 Å². The van der Waals surface area contributed by atoms with E-state index in [1.165, 1.54) is 25.9 Å². The fourth-order valence-electron chi connectivity index (χ4n) is 3.31. The predicted molar refractivity (Wildman–Crippen MR) is 108 cm³/mol. The number of rotatable bonds is 6. The summed E-state index contributed by atoms with van der Waals surface area (Å²) < 4.78 is 0. The molecule has 0 bridgehead atoms. The Morgan fingerprint density at radius 2 is 1.85 bits per heavy atom. The van der Waals surface area contributed by atoms with Crippen molar-refractivity contribution in [3.63, 3.8) is 0 Å². The Bertz CT molecular complexity index is 873. The number of aromatic nitrogens is 4. The second-order valence-corrected chi connectivity index (χ2v) is 7.16. The minimum atomic E-state index is 0.657. The molecule has 7 heteroatoms. The van der Waals surface area contributed by atoms with Crippen LogP contribution in [0.1, 0.15) is 18.4 Å². The van der Waals surface area contributed by atoms with Gasteiger partial charge in [-0.1, -0.05) is 6.07 Å². The normalized spacial score (nSPS) is 15.7. The maximum atomic E-state index is 4.54. The van der Waals surface area contributed by atoms with Crippen molar-refractivity contribution in [2.24, 2.45) is 5.92 Å². The van der Waals surface area contributed by atoms with Crippen molar-refractivity contribution in [2.75, 3.05) is 37.3 Å². The molecule has 1 saturated heterocycles. The van der Waals surface area contributed by atoms with Crippen LogP contribution in [0.4, 0.5) is 11.5 Å². The Hall–Kier alpha value is -2.80. The van der Waals surface area contributed by atoms with E-state index < -0.39 is 0 Å². The fourth-order valence-corrected chi connectivity index (χ4v) is 3.31. The molecule has 140 valence electrons. The molecule has 0 saturated carbocycles. The van der Waals surface area contributed by atoms with Gasteiger partial charge >= 0.3 is 0 Å². The molecule has 0 radical (unpaired) electrons. The van der Waals surface area contributed by atoms with E-state index in [2.05, 4.69) is 54.6 Å². The van der Waals surface area contributed by atoms with E-state index in [4.69, 9.17) is 0 Å². The number of hydrogen-bond acceptors (Lipinski definition) is 7. The molecule has 4 rings (SSSR count). The van der Waals surface area contributed by atoms with Crippen molar-refractivity contribution in [3.05, 3.63) is 48.5 Å². The molecule has 1 aliphatic heterocycles. The molecule has 0 amide bonds. The molecule has 0 spiro atoms. The van der Waals surface area contributed by atoms with Crippen LogP contribution in [-0.2, 0) is 6.54 Å². The van der Waals surface area contributed by atoms with Crippen LogP contribution in [0, 0.1) is 5.92 Å². The van der Waals surface area contributed by atoms with Gasteiger partial charge in [-0.15, -0.1) is 0 Å². The van der Waals surface area contributed by atoms with Crippen molar-refractivity contribution >= 4 is 22.7 Å². The summed E-state index contributed by atoms with van der Waals surface area (Å²) in [6.07, 6.45) is 9.54. The summed E-state index contributed by atoms with van der Waals surface area (Å²) in [5, 5.41) is 6.84. The molecule has 3 aromatic heterocycles. The Labute approximate surface area is 159 Å². The first-order valence-corrected chi connectivity index (χ1v) is 9.44. The van der Waals surface area contributed by atoms with Crippen molar-refractivity contribution in [1.82, 2.24) is 24.8 Å². The lowest BCUT2D eigenvalue weighted by Crippen LogP contribution is -2.33. The number of fused-ring (bicyclic) bond motifs is 1. The zero-order chi connectivity index (χ0) is 18.5. The maximum Gasteiger partial charge on any atom is 0.178 e. The van der Waals surface area contributed by atoms with Crippen LogP contribution in [0.25, 0.3) is 11.2 Å². The summed E-state index contributed by atoms with van der Waals surface area (Å²) in [6, 6.07) is 6.11. The number of nitrogens with zero attached hydrogens (tertiary/aromatic N) is 5. The highest BCUT2D eigenvalue weighted by Crippen LogP contribution is 2.17. The van der Waals surface area contributed by atoms with Crippen molar-refractivity contribution < 1.29 is 0 Å². The molecular formula is C20H25N7. The fraction of sp³-hybridized carbons (Fsp3) is 0.400. The SMILES string of the molecule is CN1CCC(CNc2ccc(CNc3cnc4nccnc4c3)cn2)CC1. The third-order valence-electron chi connectivity index (χ3n) is 5.06. The quantitative estimate of drug-likeness (QED) is 0.697. The Morgan fingerprint density at radius 1 is 1.00 bits per heavy atom. The molecule has 4 heterocycles. The third kappa shape index (κ3) is 4.68. The molecule has 0 aliphatic carbocycles. The van der Waals surface area contributed by atoms with E-state index in [1.54, 1.807) is 18.6 Å². The maximum absolute atomic E-state index is 4.54. The average molecular weight is 363 g/mol. The van der Waals surface area contributed by atoms with Crippen LogP contribution in [-0.4, -0.2) is 51.5 Å². The van der Waals surface area contributed by atoms with Gasteiger partial charge in [-0.25, -0.2) is 15.0 Å². The van der Waals surface area contributed by atoms with Crippen LogP contribution < -0.4 is 10.6 Å². The molecule has 2 N–H and O–H groups in total. The van der Waals surface area contributed by atoms with Crippen molar-refractivity contribution in [2.45, 2.75) is 19.4 Å². The first kappa shape index (κ1) is 17.6. The molecule has 0 aromatic carbocycles. The first-order valence-electron chi connectivity index (χ1n) is 9.44. The van der Waals surface area contributed by atoms with Gasteiger partial charge in [-0.05, 0) is 56.6 Å². The number of pyridine rings is 2. The summed E-state index contributed by atoms with van der Waals surface area (Å²) in [4.78, 5) is 19.7. The largest absolute Gasteiger partial charge is 0.380 e. The van der Waals surface area contributed by atoms with Gasteiger partial charge in [-0.2, -0.15) is 0 Å². The smallest absolute Gasteiger partial charge is 0.178 e. The minimum absolute atomic E-state index is 0.657. The lowest BCUT2D eigenvalue weighted by Gasteiger charge is -2.29. The zero-order valence-electron chi connectivity index (χ0n) is 15.6. The highest BCUT2D eigenvalue weighted by molar-refractivity contribution is 5.73. The number of piperidine rings is 1. The van der Waals surface area contributed by atoms with Gasteiger partial charge in [0.15, 0.2) is 5.65 Å². The summed E-state index contributed by atoms with van der Waals surface area (Å²) >= 11 is 0. The van der Waals surface area contributed by atoms with E-state index in [-0.39, 0.29) is 0 Å². The van der Waals surface area contributed by atoms with Gasteiger partial charge in [0, 0.05) is 31.7 Å². The summed E-state index contributed by atoms with van der Waals surface area (Å²) in [5.74, 6) is 1.69. The number of hydrogen-bond donors (Lipinski definition) is 2. The second-order valence-electron chi connectivity index (χ2n) is 7.16. The van der Waals surface area contributed by atoms with Gasteiger partial charge < -0.3 is 15.5 Å². The Balaban J connectivity index is 1.28. The Kier molecular flexibility index (Phi) is 5.39. The summed E-state index contributed by atoms with van der Waals surface area (Å²) in [7, 11) is 2.19. The molecule has 7 nitrogen and oxygen atoms in total. The monoisotopic (exact) mass is 363 g/mol. The molecule has 0 unspecified atom stereocenters. The van der Waals surface area contributed by atoms with E-state index in [9.17, 15) is 0 Å². The van der Waals surface area contributed by atoms with E-state index in [1.807, 2.05) is 12.3 Å². The summed E-state index contributed by atoms with van der Waals surface area (Å²) in [5.41, 5.74) is 3.49. The lowest BCUT2D eigenvalue weighted by molar-refractivity contribution is 0.226. The highest BCUT2D eigenvalue weighted by Gasteiger charge is 2.16. The number of anilines is 2. The van der Waals surface area contributed by atoms with E-state index in [0.717, 1.165) is 35.0 Å². The molecular weight excluding hydrogens is 338 g/mol. The lowest BCUT2D eigenvalue weighted by atomic mass is 9.97. The standard InChI is InChI=1S/C20H25N7/c1-27-8-4-15(5-9-27)11-24-19-3-2-16(13-25-19)12-23-17-10-18-20(26-14-17)22-7-6-21-18/h2-3,6-7,10,13-15,23H,4-5,8-9,11-12H2,1H3,(H,24,25). The van der Waals surface area contributed by atoms with Crippen LogP contribution in [0.2, 0.25) is 0 Å².